The Bertz CT molecular complexity index is 1800. The minimum atomic E-state index is -4.95. The molecule has 540 valence electrons. The third kappa shape index (κ3) is 66.5. The lowest BCUT2D eigenvalue weighted by Crippen LogP contribution is -2.30. The van der Waals surface area contributed by atoms with Crippen LogP contribution in [-0.2, 0) is 65.4 Å². The molecule has 91 heavy (non-hydrogen) atoms. The summed E-state index contributed by atoms with van der Waals surface area (Å²) in [5.74, 6) is 0.823. The topological polar surface area (TPSA) is 237 Å². The second kappa shape index (κ2) is 61.6. The number of phosphoric acid groups is 2. The summed E-state index contributed by atoms with van der Waals surface area (Å²) in [6.45, 7) is 14.1. The highest BCUT2D eigenvalue weighted by atomic mass is 31.2. The molecule has 0 rings (SSSR count). The van der Waals surface area contributed by atoms with Crippen molar-refractivity contribution in [3.8, 4) is 0 Å². The summed E-state index contributed by atoms with van der Waals surface area (Å²) in [7, 11) is -9.90. The van der Waals surface area contributed by atoms with Crippen molar-refractivity contribution in [2.45, 2.75) is 375 Å². The van der Waals surface area contributed by atoms with Crippen LogP contribution in [0.2, 0.25) is 0 Å². The molecule has 0 bridgehead atoms. The molecule has 0 saturated carbocycles. The predicted molar refractivity (Wildman–Crippen MR) is 367 cm³/mol. The summed E-state index contributed by atoms with van der Waals surface area (Å²) in [6.07, 6.45) is 44.7. The molecule has 3 unspecified atom stereocenters. The van der Waals surface area contributed by atoms with Crippen LogP contribution in [0, 0.1) is 23.7 Å². The van der Waals surface area contributed by atoms with Crippen LogP contribution in [0.1, 0.15) is 357 Å². The Morgan fingerprint density at radius 2 is 0.462 bits per heavy atom. The average Bonchev–Trinajstić information content (AvgIpc) is 2.91. The molecule has 19 heteroatoms. The first kappa shape index (κ1) is 89.1. The summed E-state index contributed by atoms with van der Waals surface area (Å²) < 4.78 is 68.3. The number of hydrogen-bond acceptors (Lipinski definition) is 15. The van der Waals surface area contributed by atoms with Crippen molar-refractivity contribution in [2.24, 2.45) is 23.7 Å². The maximum Gasteiger partial charge on any atom is 0.472 e. The quantitative estimate of drug-likeness (QED) is 0.0222. The Morgan fingerprint density at radius 3 is 0.681 bits per heavy atom. The van der Waals surface area contributed by atoms with Gasteiger partial charge in [-0.2, -0.15) is 0 Å². The maximum absolute atomic E-state index is 13.0. The Kier molecular flexibility index (Phi) is 60.3. The van der Waals surface area contributed by atoms with E-state index in [4.69, 9.17) is 37.0 Å². The number of hydrogen-bond donors (Lipinski definition) is 3. The van der Waals surface area contributed by atoms with Crippen LogP contribution >= 0.6 is 15.6 Å². The molecule has 0 radical (unpaired) electrons. The number of aliphatic hydroxyl groups is 1. The predicted octanol–water partition coefficient (Wildman–Crippen LogP) is 20.5. The van der Waals surface area contributed by atoms with E-state index in [2.05, 4.69) is 55.4 Å². The van der Waals surface area contributed by atoms with Crippen LogP contribution in [0.25, 0.3) is 0 Å². The highest BCUT2D eigenvalue weighted by Gasteiger charge is 2.30. The number of carbonyl (C=O) groups excluding carboxylic acids is 4. The van der Waals surface area contributed by atoms with Gasteiger partial charge in [-0.25, -0.2) is 9.13 Å². The number of unbranched alkanes of at least 4 members (excludes halogenated alkanes) is 35. The lowest BCUT2D eigenvalue weighted by atomic mass is 10.0. The number of esters is 4. The fourth-order valence-electron chi connectivity index (χ4n) is 10.8. The van der Waals surface area contributed by atoms with Gasteiger partial charge in [0.1, 0.15) is 19.3 Å². The summed E-state index contributed by atoms with van der Waals surface area (Å²) in [4.78, 5) is 72.6. The zero-order chi connectivity index (χ0) is 67.5. The minimum absolute atomic E-state index is 0.102. The minimum Gasteiger partial charge on any atom is -0.462 e. The number of rotatable bonds is 69. The van der Waals surface area contributed by atoms with E-state index in [0.29, 0.717) is 31.6 Å². The molecule has 0 saturated heterocycles. The third-order valence-electron chi connectivity index (χ3n) is 16.6. The lowest BCUT2D eigenvalue weighted by Gasteiger charge is -2.21. The van der Waals surface area contributed by atoms with E-state index >= 15 is 0 Å². The Balaban J connectivity index is 5.18. The first-order valence-corrected chi connectivity index (χ1v) is 40.2. The molecule has 3 N–H and O–H groups in total. The van der Waals surface area contributed by atoms with Crippen molar-refractivity contribution >= 4 is 39.5 Å². The first-order valence-electron chi connectivity index (χ1n) is 37.2. The smallest absolute Gasteiger partial charge is 0.462 e. The van der Waals surface area contributed by atoms with Crippen LogP contribution in [0.4, 0.5) is 0 Å². The van der Waals surface area contributed by atoms with Gasteiger partial charge in [0, 0.05) is 25.7 Å². The second-order valence-corrected chi connectivity index (χ2v) is 30.8. The molecular weight excluding hydrogens is 1200 g/mol. The van der Waals surface area contributed by atoms with Crippen molar-refractivity contribution in [2.75, 3.05) is 39.6 Å². The van der Waals surface area contributed by atoms with Crippen molar-refractivity contribution in [1.82, 2.24) is 0 Å². The zero-order valence-corrected chi connectivity index (χ0v) is 61.3. The van der Waals surface area contributed by atoms with E-state index in [1.165, 1.54) is 161 Å². The van der Waals surface area contributed by atoms with E-state index in [1.54, 1.807) is 0 Å². The van der Waals surface area contributed by atoms with Crippen molar-refractivity contribution in [3.63, 3.8) is 0 Å². The van der Waals surface area contributed by atoms with E-state index in [9.17, 15) is 43.2 Å². The van der Waals surface area contributed by atoms with Crippen molar-refractivity contribution < 1.29 is 80.2 Å². The van der Waals surface area contributed by atoms with Gasteiger partial charge in [-0.3, -0.25) is 37.3 Å². The average molecular weight is 1340 g/mol. The molecule has 0 aromatic carbocycles. The molecule has 0 aliphatic carbocycles. The molecule has 17 nitrogen and oxygen atoms in total. The van der Waals surface area contributed by atoms with E-state index in [1.807, 2.05) is 0 Å². The molecule has 0 spiro atoms. The molecular formula is C72H140O17P2. The highest BCUT2D eigenvalue weighted by molar-refractivity contribution is 7.47. The molecule has 0 aromatic rings. The van der Waals surface area contributed by atoms with Gasteiger partial charge in [0.2, 0.25) is 0 Å². The molecule has 5 atom stereocenters. The fraction of sp³-hybridized carbons (Fsp3) is 0.944. The second-order valence-electron chi connectivity index (χ2n) is 27.9. The largest absolute Gasteiger partial charge is 0.472 e. The van der Waals surface area contributed by atoms with Crippen LogP contribution in [-0.4, -0.2) is 96.7 Å². The Hall–Kier alpha value is -1.94. The van der Waals surface area contributed by atoms with Crippen LogP contribution < -0.4 is 0 Å². The molecule has 0 aliphatic heterocycles. The van der Waals surface area contributed by atoms with Crippen molar-refractivity contribution in [1.29, 1.82) is 0 Å². The van der Waals surface area contributed by atoms with Gasteiger partial charge in [0.05, 0.1) is 26.4 Å². The molecule has 0 aliphatic rings. The highest BCUT2D eigenvalue weighted by Crippen LogP contribution is 2.45. The summed E-state index contributed by atoms with van der Waals surface area (Å²) in [5, 5.41) is 10.6. The first-order chi connectivity index (χ1) is 43.6. The fourth-order valence-corrected chi connectivity index (χ4v) is 12.4. The number of aliphatic hydroxyl groups excluding tert-OH is 1. The summed E-state index contributed by atoms with van der Waals surface area (Å²) in [6, 6.07) is 0. The number of phosphoric ester groups is 2. The van der Waals surface area contributed by atoms with Gasteiger partial charge in [0.15, 0.2) is 12.2 Å². The van der Waals surface area contributed by atoms with Crippen LogP contribution in [0.5, 0.6) is 0 Å². The monoisotopic (exact) mass is 1340 g/mol. The SMILES string of the molecule is CC(C)CCCCCCCCCCCCCCCCCC(=O)OC[C@H](COP(=O)(O)OCC(O)COP(=O)(O)OC[C@@H](COC(=O)CCCCCCCCCCC(C)C)OC(=O)CCCCCCCCCCCCC(C)C)OC(=O)CCCCCCCCC(C)C. The lowest BCUT2D eigenvalue weighted by molar-refractivity contribution is -0.161. The van der Waals surface area contributed by atoms with Gasteiger partial charge in [-0.05, 0) is 49.4 Å². The van der Waals surface area contributed by atoms with E-state index < -0.39 is 97.5 Å². The van der Waals surface area contributed by atoms with Crippen LogP contribution in [0.3, 0.4) is 0 Å². The van der Waals surface area contributed by atoms with E-state index in [-0.39, 0.29) is 25.7 Å². The number of carbonyl (C=O) groups is 4. The van der Waals surface area contributed by atoms with Gasteiger partial charge in [-0.1, -0.05) is 306 Å². The van der Waals surface area contributed by atoms with Gasteiger partial charge >= 0.3 is 39.5 Å². The van der Waals surface area contributed by atoms with Gasteiger partial charge in [-0.15, -0.1) is 0 Å². The van der Waals surface area contributed by atoms with Crippen molar-refractivity contribution in [3.05, 3.63) is 0 Å². The summed E-state index contributed by atoms with van der Waals surface area (Å²) in [5.41, 5.74) is 0. The summed E-state index contributed by atoms with van der Waals surface area (Å²) >= 11 is 0. The van der Waals surface area contributed by atoms with Gasteiger partial charge in [0.25, 0.3) is 0 Å². The van der Waals surface area contributed by atoms with Gasteiger partial charge < -0.3 is 33.8 Å². The molecule has 0 amide bonds. The standard InChI is InChI=1S/C72H140O17P2/c1-62(2)48-40-32-24-18-14-12-10-9-11-13-15-20-27-36-44-52-69(74)82-59-68(89-72(77)55-47-39-31-30-35-43-51-65(7)8)61-87-91(80,81)85-57-66(73)56-84-90(78,79)86-60-67(58-83-70(75)53-45-37-28-23-22-26-34-42-50-64(5)6)88-71(76)54-46-38-29-21-17-16-19-25-33-41-49-63(3)4/h62-68,73H,9-61H2,1-8H3,(H,78,79)(H,80,81)/t66?,67-,68-/m1/s1. The molecule has 0 aromatic heterocycles. The molecule has 0 heterocycles. The molecule has 0 fully saturated rings. The normalized spacial score (nSPS) is 14.2. The Morgan fingerprint density at radius 1 is 0.275 bits per heavy atom. The number of ether oxygens (including phenoxy) is 4. The Labute approximate surface area is 556 Å². The van der Waals surface area contributed by atoms with E-state index in [0.717, 1.165) is 108 Å². The zero-order valence-electron chi connectivity index (χ0n) is 59.5. The third-order valence-corrected chi connectivity index (χ3v) is 18.5. The van der Waals surface area contributed by atoms with Crippen LogP contribution in [0.15, 0.2) is 0 Å². The maximum atomic E-state index is 13.0.